The number of aryl methyl sites for hydroxylation is 3. The summed E-state index contributed by atoms with van der Waals surface area (Å²) in [5.41, 5.74) is 6.83. The molecule has 1 heterocycles. The molecule has 0 unspecified atom stereocenters. The molecule has 2 N–H and O–H groups in total. The molecule has 2 aromatic carbocycles. The fourth-order valence-corrected chi connectivity index (χ4v) is 3.53. The van der Waals surface area contributed by atoms with Crippen molar-refractivity contribution in [2.75, 3.05) is 10.6 Å². The van der Waals surface area contributed by atoms with Crippen LogP contribution in [0.3, 0.4) is 0 Å². The minimum absolute atomic E-state index is 0.108. The number of fused-ring (bicyclic) bond motifs is 1. The molecule has 4 rings (SSSR count). The van der Waals surface area contributed by atoms with Crippen LogP contribution in [-0.4, -0.2) is 15.8 Å². The molecule has 0 atom stereocenters. The summed E-state index contributed by atoms with van der Waals surface area (Å²) in [4.78, 5) is 21.9. The summed E-state index contributed by atoms with van der Waals surface area (Å²) in [6.45, 7) is 6.19. The van der Waals surface area contributed by atoms with Crippen LogP contribution in [0.15, 0.2) is 42.5 Å². The number of hydrogen-bond acceptors (Lipinski definition) is 5. The molecule has 0 bridgehead atoms. The van der Waals surface area contributed by atoms with Crippen molar-refractivity contribution in [3.8, 4) is 0 Å². The van der Waals surface area contributed by atoms with Crippen LogP contribution in [0.25, 0.3) is 0 Å². The van der Waals surface area contributed by atoms with Gasteiger partial charge in [0.25, 0.3) is 0 Å². The minimum atomic E-state index is 0.108. The largest absolute Gasteiger partial charge is 0.339 e. The Labute approximate surface area is 165 Å². The van der Waals surface area contributed by atoms with Crippen molar-refractivity contribution in [2.24, 2.45) is 0 Å². The number of rotatable bonds is 4. The molecule has 0 amide bonds. The van der Waals surface area contributed by atoms with E-state index in [0.717, 1.165) is 41.0 Å². The highest BCUT2D eigenvalue weighted by atomic mass is 16.1. The third-order valence-corrected chi connectivity index (χ3v) is 5.21. The lowest BCUT2D eigenvalue weighted by Crippen LogP contribution is -2.18. The second-order valence-electron chi connectivity index (χ2n) is 7.36. The zero-order valence-electron chi connectivity index (χ0n) is 16.5. The third-order valence-electron chi connectivity index (χ3n) is 5.21. The SMILES string of the molecule is Cc1cccc(Nc2nc3c(c(Nc4cccc(C)c4C)n2)C(=O)CCC3)c1. The van der Waals surface area contributed by atoms with Crippen LogP contribution >= 0.6 is 0 Å². The molecule has 1 aromatic heterocycles. The van der Waals surface area contributed by atoms with Gasteiger partial charge in [-0.2, -0.15) is 4.98 Å². The number of nitrogens with zero attached hydrogens (tertiary/aromatic N) is 2. The van der Waals surface area contributed by atoms with Gasteiger partial charge in [-0.3, -0.25) is 4.79 Å². The van der Waals surface area contributed by atoms with E-state index in [0.29, 0.717) is 23.8 Å². The smallest absolute Gasteiger partial charge is 0.229 e. The Morgan fingerprint density at radius 3 is 2.57 bits per heavy atom. The summed E-state index contributed by atoms with van der Waals surface area (Å²) >= 11 is 0. The second-order valence-corrected chi connectivity index (χ2v) is 7.36. The molecule has 0 aliphatic heterocycles. The van der Waals surface area contributed by atoms with Crippen molar-refractivity contribution in [3.63, 3.8) is 0 Å². The van der Waals surface area contributed by atoms with E-state index in [1.54, 1.807) is 0 Å². The van der Waals surface area contributed by atoms with Crippen molar-refractivity contribution in [1.82, 2.24) is 9.97 Å². The highest BCUT2D eigenvalue weighted by Crippen LogP contribution is 2.31. The van der Waals surface area contributed by atoms with Gasteiger partial charge in [0, 0.05) is 17.8 Å². The molecule has 1 aliphatic rings. The van der Waals surface area contributed by atoms with E-state index in [4.69, 9.17) is 0 Å². The topological polar surface area (TPSA) is 66.9 Å². The number of benzene rings is 2. The van der Waals surface area contributed by atoms with Crippen LogP contribution in [0.2, 0.25) is 0 Å². The maximum atomic E-state index is 12.6. The lowest BCUT2D eigenvalue weighted by molar-refractivity contribution is 0.0972. The highest BCUT2D eigenvalue weighted by Gasteiger charge is 2.25. The average Bonchev–Trinajstić information content (AvgIpc) is 2.65. The van der Waals surface area contributed by atoms with E-state index in [1.807, 2.05) is 43.3 Å². The predicted molar refractivity (Wildman–Crippen MR) is 113 cm³/mol. The zero-order valence-corrected chi connectivity index (χ0v) is 16.5. The number of Topliss-reactive ketones (excluding diaryl/α,β-unsaturated/α-hetero) is 1. The summed E-state index contributed by atoms with van der Waals surface area (Å²) in [5, 5.41) is 6.69. The average molecular weight is 372 g/mol. The molecular weight excluding hydrogens is 348 g/mol. The number of nitrogens with one attached hydrogen (secondary N) is 2. The van der Waals surface area contributed by atoms with E-state index in [9.17, 15) is 4.79 Å². The van der Waals surface area contributed by atoms with Crippen LogP contribution in [0, 0.1) is 20.8 Å². The van der Waals surface area contributed by atoms with E-state index >= 15 is 0 Å². The molecule has 0 fully saturated rings. The summed E-state index contributed by atoms with van der Waals surface area (Å²) in [7, 11) is 0. The Bertz CT molecular complexity index is 1060. The van der Waals surface area contributed by atoms with Crippen LogP contribution < -0.4 is 10.6 Å². The number of aromatic nitrogens is 2. The number of carbonyl (C=O) groups is 1. The number of carbonyl (C=O) groups excluding carboxylic acids is 1. The molecule has 28 heavy (non-hydrogen) atoms. The molecule has 0 radical (unpaired) electrons. The number of hydrogen-bond donors (Lipinski definition) is 2. The van der Waals surface area contributed by atoms with Gasteiger partial charge in [0.2, 0.25) is 5.95 Å². The fourth-order valence-electron chi connectivity index (χ4n) is 3.53. The first-order valence-electron chi connectivity index (χ1n) is 9.62. The van der Waals surface area contributed by atoms with Crippen molar-refractivity contribution in [1.29, 1.82) is 0 Å². The Kier molecular flexibility index (Phi) is 4.82. The summed E-state index contributed by atoms with van der Waals surface area (Å²) in [6, 6.07) is 14.2. The van der Waals surface area contributed by atoms with Gasteiger partial charge >= 0.3 is 0 Å². The van der Waals surface area contributed by atoms with Gasteiger partial charge in [0.05, 0.1) is 11.3 Å². The predicted octanol–water partition coefficient (Wildman–Crippen LogP) is 5.41. The normalized spacial score (nSPS) is 13.2. The van der Waals surface area contributed by atoms with Gasteiger partial charge in [-0.05, 0) is 68.5 Å². The minimum Gasteiger partial charge on any atom is -0.339 e. The lowest BCUT2D eigenvalue weighted by Gasteiger charge is -2.20. The first-order valence-corrected chi connectivity index (χ1v) is 9.62. The van der Waals surface area contributed by atoms with Crippen LogP contribution in [0.4, 0.5) is 23.1 Å². The van der Waals surface area contributed by atoms with E-state index < -0.39 is 0 Å². The summed E-state index contributed by atoms with van der Waals surface area (Å²) in [5.74, 6) is 1.20. The van der Waals surface area contributed by atoms with Gasteiger partial charge in [-0.15, -0.1) is 0 Å². The van der Waals surface area contributed by atoms with Crippen molar-refractivity contribution >= 4 is 28.9 Å². The number of anilines is 4. The first kappa shape index (κ1) is 18.2. The van der Waals surface area contributed by atoms with Gasteiger partial charge in [-0.1, -0.05) is 24.3 Å². The molecule has 142 valence electrons. The maximum Gasteiger partial charge on any atom is 0.229 e. The summed E-state index contributed by atoms with van der Waals surface area (Å²) in [6.07, 6.45) is 2.16. The molecule has 0 spiro atoms. The van der Waals surface area contributed by atoms with E-state index in [2.05, 4.69) is 40.5 Å². The van der Waals surface area contributed by atoms with Crippen molar-refractivity contribution < 1.29 is 4.79 Å². The Balaban J connectivity index is 1.77. The highest BCUT2D eigenvalue weighted by molar-refractivity contribution is 6.03. The zero-order chi connectivity index (χ0) is 19.7. The second kappa shape index (κ2) is 7.43. The van der Waals surface area contributed by atoms with Gasteiger partial charge in [0.1, 0.15) is 5.82 Å². The molecule has 0 saturated carbocycles. The van der Waals surface area contributed by atoms with Gasteiger partial charge < -0.3 is 10.6 Å². The Morgan fingerprint density at radius 1 is 0.929 bits per heavy atom. The number of ketones is 1. The lowest BCUT2D eigenvalue weighted by atomic mass is 9.95. The van der Waals surface area contributed by atoms with Crippen LogP contribution in [-0.2, 0) is 6.42 Å². The monoisotopic (exact) mass is 372 g/mol. The third kappa shape index (κ3) is 3.60. The van der Waals surface area contributed by atoms with Crippen molar-refractivity contribution in [2.45, 2.75) is 40.0 Å². The van der Waals surface area contributed by atoms with Gasteiger partial charge in [0.15, 0.2) is 5.78 Å². The Hall–Kier alpha value is -3.21. The molecule has 0 saturated heterocycles. The maximum absolute atomic E-state index is 12.6. The van der Waals surface area contributed by atoms with E-state index in [1.165, 1.54) is 5.56 Å². The molecular formula is C23H24N4O. The van der Waals surface area contributed by atoms with Gasteiger partial charge in [-0.25, -0.2) is 4.98 Å². The quantitative estimate of drug-likeness (QED) is 0.641. The van der Waals surface area contributed by atoms with E-state index in [-0.39, 0.29) is 5.78 Å². The molecule has 5 nitrogen and oxygen atoms in total. The molecule has 3 aromatic rings. The standard InChI is InChI=1S/C23H24N4O/c1-14-7-4-9-17(13-14)24-23-26-19-11-6-12-20(28)21(19)22(27-23)25-18-10-5-8-15(2)16(18)3/h4-5,7-10,13H,6,11-12H2,1-3H3,(H2,24,25,26,27). The summed E-state index contributed by atoms with van der Waals surface area (Å²) < 4.78 is 0. The van der Waals surface area contributed by atoms with Crippen molar-refractivity contribution in [3.05, 3.63) is 70.4 Å². The first-order chi connectivity index (χ1) is 13.5. The molecule has 5 heteroatoms. The fraction of sp³-hybridized carbons (Fsp3) is 0.261. The van der Waals surface area contributed by atoms with Crippen LogP contribution in [0.5, 0.6) is 0 Å². The van der Waals surface area contributed by atoms with Crippen LogP contribution in [0.1, 0.15) is 45.6 Å². The Morgan fingerprint density at radius 2 is 1.75 bits per heavy atom. The molecule has 1 aliphatic carbocycles.